The lowest BCUT2D eigenvalue weighted by Crippen LogP contribution is -2.31. The number of para-hydroxylation sites is 1. The smallest absolute Gasteiger partial charge is 0.294 e. The highest BCUT2D eigenvalue weighted by molar-refractivity contribution is 7.10. The van der Waals surface area contributed by atoms with Gasteiger partial charge in [0, 0.05) is 17.0 Å². The summed E-state index contributed by atoms with van der Waals surface area (Å²) >= 11 is 1.47. The number of aliphatic hydroxyl groups excluding tert-OH is 1. The van der Waals surface area contributed by atoms with Gasteiger partial charge < -0.3 is 5.11 Å². The van der Waals surface area contributed by atoms with E-state index in [9.17, 15) is 14.7 Å². The van der Waals surface area contributed by atoms with Crippen LogP contribution in [0.25, 0.3) is 0 Å². The van der Waals surface area contributed by atoms with Gasteiger partial charge in [0.1, 0.15) is 6.04 Å². The van der Waals surface area contributed by atoms with E-state index >= 15 is 0 Å². The number of hydrogen-bond acceptors (Lipinski definition) is 4. The summed E-state index contributed by atoms with van der Waals surface area (Å²) in [6.07, 6.45) is 0.246. The predicted molar refractivity (Wildman–Crippen MR) is 90.7 cm³/mol. The first-order valence-corrected chi connectivity index (χ1v) is 8.33. The molecule has 1 atom stereocenters. The number of aliphatic hydroxyl groups is 1. The Morgan fingerprint density at radius 2 is 2.00 bits per heavy atom. The number of hydrogen-bond donors (Lipinski definition) is 1. The van der Waals surface area contributed by atoms with Crippen LogP contribution in [0.3, 0.4) is 0 Å². The van der Waals surface area contributed by atoms with Gasteiger partial charge in [0.25, 0.3) is 5.91 Å². The molecular formula is C18H17NO3S. The summed E-state index contributed by atoms with van der Waals surface area (Å²) in [6.45, 7) is 3.64. The average molecular weight is 327 g/mol. The van der Waals surface area contributed by atoms with Crippen molar-refractivity contribution < 1.29 is 14.7 Å². The molecule has 118 valence electrons. The fourth-order valence-corrected chi connectivity index (χ4v) is 3.70. The number of carbonyl (C=O) groups is 2. The fraction of sp³-hybridized carbons (Fsp3) is 0.222. The summed E-state index contributed by atoms with van der Waals surface area (Å²) in [6, 6.07) is 10.7. The van der Waals surface area contributed by atoms with Crippen molar-refractivity contribution in [1.29, 1.82) is 0 Å². The highest BCUT2D eigenvalue weighted by Gasteiger charge is 2.44. The van der Waals surface area contributed by atoms with Crippen LogP contribution in [0.2, 0.25) is 0 Å². The molecule has 1 amide bonds. The van der Waals surface area contributed by atoms with E-state index in [2.05, 4.69) is 0 Å². The predicted octanol–water partition coefficient (Wildman–Crippen LogP) is 3.94. The standard InChI is InChI=1S/C18H17NO3S/c1-3-13(20)15-16(14-9-6-10-23-14)19(18(22)17(15)21)12-8-5-4-7-11(12)2/h4-10,16,21H,3H2,1-2H3. The Labute approximate surface area is 138 Å². The second-order valence-electron chi connectivity index (χ2n) is 5.42. The topological polar surface area (TPSA) is 57.6 Å². The Hall–Kier alpha value is -2.40. The van der Waals surface area contributed by atoms with Gasteiger partial charge in [-0.25, -0.2) is 0 Å². The molecule has 2 aromatic rings. The molecular weight excluding hydrogens is 310 g/mol. The van der Waals surface area contributed by atoms with Crippen molar-refractivity contribution in [2.45, 2.75) is 26.3 Å². The lowest BCUT2D eigenvalue weighted by atomic mass is 10.00. The molecule has 1 unspecified atom stereocenters. The largest absolute Gasteiger partial charge is 0.503 e. The van der Waals surface area contributed by atoms with Gasteiger partial charge in [-0.2, -0.15) is 0 Å². The summed E-state index contributed by atoms with van der Waals surface area (Å²) in [5.74, 6) is -1.15. The zero-order valence-electron chi connectivity index (χ0n) is 12.9. The Kier molecular flexibility index (Phi) is 4.05. The number of aryl methyl sites for hydroxylation is 1. The number of rotatable bonds is 4. The minimum absolute atomic E-state index is 0.197. The third-order valence-electron chi connectivity index (χ3n) is 4.02. The average Bonchev–Trinajstić information content (AvgIpc) is 3.16. The van der Waals surface area contributed by atoms with E-state index in [0.29, 0.717) is 5.69 Å². The molecule has 1 aromatic heterocycles. The molecule has 1 aromatic carbocycles. The number of nitrogens with zero attached hydrogens (tertiary/aromatic N) is 1. The molecule has 0 saturated heterocycles. The number of benzene rings is 1. The molecule has 0 bridgehead atoms. The Morgan fingerprint density at radius 3 is 2.61 bits per heavy atom. The molecule has 4 nitrogen and oxygen atoms in total. The molecule has 2 heterocycles. The number of amides is 1. The maximum absolute atomic E-state index is 12.7. The van der Waals surface area contributed by atoms with Gasteiger partial charge in [0.15, 0.2) is 11.5 Å². The minimum Gasteiger partial charge on any atom is -0.503 e. The van der Waals surface area contributed by atoms with Crippen molar-refractivity contribution >= 4 is 28.7 Å². The first-order chi connectivity index (χ1) is 11.1. The van der Waals surface area contributed by atoms with Crippen molar-refractivity contribution in [3.05, 3.63) is 63.6 Å². The molecule has 0 aliphatic carbocycles. The van der Waals surface area contributed by atoms with Gasteiger partial charge in [-0.05, 0) is 30.0 Å². The first kappa shape index (κ1) is 15.5. The Balaban J connectivity index is 2.19. The lowest BCUT2D eigenvalue weighted by molar-refractivity contribution is -0.118. The van der Waals surface area contributed by atoms with Crippen molar-refractivity contribution in [2.75, 3.05) is 4.90 Å². The molecule has 1 aliphatic heterocycles. The number of carbonyl (C=O) groups excluding carboxylic acids is 2. The van der Waals surface area contributed by atoms with E-state index in [1.165, 1.54) is 16.2 Å². The number of thiophene rings is 1. The van der Waals surface area contributed by atoms with Crippen molar-refractivity contribution in [3.63, 3.8) is 0 Å². The van der Waals surface area contributed by atoms with Crippen LogP contribution in [0, 0.1) is 6.92 Å². The van der Waals surface area contributed by atoms with E-state index in [-0.39, 0.29) is 17.8 Å². The number of anilines is 1. The molecule has 1 aliphatic rings. The normalized spacial score (nSPS) is 17.9. The number of Topliss-reactive ketones (excluding diaryl/α,β-unsaturated/α-hetero) is 1. The first-order valence-electron chi connectivity index (χ1n) is 7.45. The molecule has 0 spiro atoms. The van der Waals surface area contributed by atoms with Gasteiger partial charge >= 0.3 is 0 Å². The summed E-state index contributed by atoms with van der Waals surface area (Å²) in [5, 5.41) is 12.2. The maximum atomic E-state index is 12.7. The van der Waals surface area contributed by atoms with Crippen LogP contribution in [0.1, 0.15) is 29.8 Å². The molecule has 0 saturated carbocycles. The van der Waals surface area contributed by atoms with Gasteiger partial charge in [-0.3, -0.25) is 14.5 Å². The van der Waals surface area contributed by atoms with Crippen molar-refractivity contribution in [3.8, 4) is 0 Å². The zero-order chi connectivity index (χ0) is 16.6. The lowest BCUT2D eigenvalue weighted by Gasteiger charge is -2.27. The quantitative estimate of drug-likeness (QED) is 0.925. The fourth-order valence-electron chi connectivity index (χ4n) is 2.88. The van der Waals surface area contributed by atoms with E-state index in [0.717, 1.165) is 10.4 Å². The van der Waals surface area contributed by atoms with E-state index < -0.39 is 17.7 Å². The van der Waals surface area contributed by atoms with Gasteiger partial charge in [0.2, 0.25) is 0 Å². The van der Waals surface area contributed by atoms with E-state index in [1.807, 2.05) is 48.7 Å². The molecule has 5 heteroatoms. The Morgan fingerprint density at radius 1 is 1.26 bits per heavy atom. The summed E-state index contributed by atoms with van der Waals surface area (Å²) in [5.41, 5.74) is 1.82. The molecule has 3 rings (SSSR count). The molecule has 23 heavy (non-hydrogen) atoms. The van der Waals surface area contributed by atoms with Crippen LogP contribution in [-0.4, -0.2) is 16.8 Å². The molecule has 1 N–H and O–H groups in total. The van der Waals surface area contributed by atoms with Crippen LogP contribution in [0.5, 0.6) is 0 Å². The highest BCUT2D eigenvalue weighted by atomic mass is 32.1. The third-order valence-corrected chi connectivity index (χ3v) is 4.94. The summed E-state index contributed by atoms with van der Waals surface area (Å²) in [4.78, 5) is 27.4. The van der Waals surface area contributed by atoms with Crippen LogP contribution < -0.4 is 4.90 Å². The monoisotopic (exact) mass is 327 g/mol. The van der Waals surface area contributed by atoms with Crippen molar-refractivity contribution in [2.24, 2.45) is 0 Å². The highest BCUT2D eigenvalue weighted by Crippen LogP contribution is 2.43. The zero-order valence-corrected chi connectivity index (χ0v) is 13.8. The minimum atomic E-state index is -0.559. The second kappa shape index (κ2) is 6.01. The van der Waals surface area contributed by atoms with Gasteiger partial charge in [0.05, 0.1) is 5.57 Å². The van der Waals surface area contributed by atoms with Crippen molar-refractivity contribution in [1.82, 2.24) is 0 Å². The SMILES string of the molecule is CCC(=O)C1=C(O)C(=O)N(c2ccccc2C)C1c1cccs1. The van der Waals surface area contributed by atoms with Crippen LogP contribution in [0.4, 0.5) is 5.69 Å². The van der Waals surface area contributed by atoms with Crippen LogP contribution >= 0.6 is 11.3 Å². The Bertz CT molecular complexity index is 792. The van der Waals surface area contributed by atoms with E-state index in [4.69, 9.17) is 0 Å². The summed E-state index contributed by atoms with van der Waals surface area (Å²) in [7, 11) is 0. The maximum Gasteiger partial charge on any atom is 0.294 e. The van der Waals surface area contributed by atoms with Gasteiger partial charge in [-0.15, -0.1) is 11.3 Å². The van der Waals surface area contributed by atoms with Gasteiger partial charge in [-0.1, -0.05) is 31.2 Å². The molecule has 0 radical (unpaired) electrons. The van der Waals surface area contributed by atoms with E-state index in [1.54, 1.807) is 6.92 Å². The second-order valence-corrected chi connectivity index (χ2v) is 6.40. The number of ketones is 1. The van der Waals surface area contributed by atoms with Crippen LogP contribution in [0.15, 0.2) is 53.1 Å². The molecule has 0 fully saturated rings. The van der Waals surface area contributed by atoms with Crippen LogP contribution in [-0.2, 0) is 9.59 Å². The third kappa shape index (κ3) is 2.47. The summed E-state index contributed by atoms with van der Waals surface area (Å²) < 4.78 is 0.